The van der Waals surface area contributed by atoms with E-state index in [1.165, 1.54) is 0 Å². The zero-order valence-electron chi connectivity index (χ0n) is 20.1. The number of ether oxygens (including phenoxy) is 1. The van der Waals surface area contributed by atoms with Gasteiger partial charge >= 0.3 is 0 Å². The van der Waals surface area contributed by atoms with Gasteiger partial charge in [-0.3, -0.25) is 14.1 Å². The van der Waals surface area contributed by atoms with Gasteiger partial charge in [-0.1, -0.05) is 17.3 Å². The molecule has 1 aromatic carbocycles. The van der Waals surface area contributed by atoms with Crippen LogP contribution in [-0.4, -0.2) is 65.4 Å². The summed E-state index contributed by atoms with van der Waals surface area (Å²) in [4.78, 5) is 25.1. The molecule has 0 bridgehead atoms. The number of aromatic nitrogens is 5. The molecule has 0 aliphatic carbocycles. The lowest BCUT2D eigenvalue weighted by Gasteiger charge is -2.30. The number of nitrogens with zero attached hydrogens (tertiary/aromatic N) is 6. The van der Waals surface area contributed by atoms with E-state index in [4.69, 9.17) is 9.26 Å². The van der Waals surface area contributed by atoms with Crippen molar-refractivity contribution in [3.63, 3.8) is 0 Å². The fraction of sp³-hybridized carbons (Fsp3) is 0.520. The number of likely N-dealkylation sites (tertiary alicyclic amines) is 1. The summed E-state index contributed by atoms with van der Waals surface area (Å²) >= 11 is 0. The van der Waals surface area contributed by atoms with Crippen LogP contribution in [0.25, 0.3) is 28.1 Å². The minimum Gasteiger partial charge on any atom is -0.392 e. The van der Waals surface area contributed by atoms with E-state index in [0.29, 0.717) is 36.7 Å². The molecule has 6 rings (SSSR count). The van der Waals surface area contributed by atoms with Crippen molar-refractivity contribution in [1.82, 2.24) is 29.0 Å². The van der Waals surface area contributed by atoms with Crippen LogP contribution in [0.3, 0.4) is 0 Å². The average molecular weight is 479 g/mol. The summed E-state index contributed by atoms with van der Waals surface area (Å²) in [5.74, 6) is 0.699. The van der Waals surface area contributed by atoms with Gasteiger partial charge in [0.2, 0.25) is 5.82 Å². The Bertz CT molecular complexity index is 1440. The van der Waals surface area contributed by atoms with Gasteiger partial charge in [0, 0.05) is 19.6 Å². The van der Waals surface area contributed by atoms with E-state index in [1.54, 1.807) is 15.3 Å². The molecule has 2 aliphatic rings. The lowest BCUT2D eigenvalue weighted by atomic mass is 10.1. The quantitative estimate of drug-likeness (QED) is 0.466. The van der Waals surface area contributed by atoms with Gasteiger partial charge in [0.1, 0.15) is 23.6 Å². The van der Waals surface area contributed by atoms with Crippen molar-refractivity contribution in [3.05, 3.63) is 46.8 Å². The molecule has 4 aromatic rings. The third-order valence-electron chi connectivity index (χ3n) is 7.17. The molecule has 2 atom stereocenters. The molecule has 2 fully saturated rings. The summed E-state index contributed by atoms with van der Waals surface area (Å²) in [6, 6.07) is 7.81. The Balaban J connectivity index is 1.40. The highest BCUT2D eigenvalue weighted by molar-refractivity contribution is 5.83. The van der Waals surface area contributed by atoms with Crippen molar-refractivity contribution in [3.8, 4) is 11.5 Å². The molecule has 2 aliphatic heterocycles. The van der Waals surface area contributed by atoms with Crippen molar-refractivity contribution < 1.29 is 14.4 Å². The first-order valence-electron chi connectivity index (χ1n) is 12.3. The van der Waals surface area contributed by atoms with Gasteiger partial charge in [0.15, 0.2) is 0 Å². The summed E-state index contributed by atoms with van der Waals surface area (Å²) in [5, 5.41) is 14.2. The number of benzene rings is 1. The first-order chi connectivity index (χ1) is 16.9. The van der Waals surface area contributed by atoms with Crippen molar-refractivity contribution in [2.45, 2.75) is 63.9 Å². The van der Waals surface area contributed by atoms with Gasteiger partial charge in [-0.25, -0.2) is 4.98 Å². The number of β-amino-alcohol motifs (C(OH)–C–C–N with tert-alkyl or cyclic N) is 1. The number of rotatable bonds is 5. The standard InChI is InChI=1S/C25H30N6O4/c1-25(2)10-9-19(34-25)23-27-22(28-35-23)20-21-24(33)30(13-12-29-11-5-6-16(32)14-29)17-7-3-4-8-18(17)31(21)15-26-20/h3-4,7-8,15-16,19,32H,5-6,9-14H2,1-2H3. The fourth-order valence-corrected chi connectivity index (χ4v) is 5.35. The largest absolute Gasteiger partial charge is 0.392 e. The normalized spacial score (nSPS) is 22.9. The van der Waals surface area contributed by atoms with Crippen LogP contribution in [0, 0.1) is 0 Å². The minimum atomic E-state index is -0.303. The highest BCUT2D eigenvalue weighted by Crippen LogP contribution is 2.38. The van der Waals surface area contributed by atoms with Crippen molar-refractivity contribution in [2.24, 2.45) is 0 Å². The van der Waals surface area contributed by atoms with E-state index in [0.717, 1.165) is 43.3 Å². The first-order valence-corrected chi connectivity index (χ1v) is 12.3. The molecule has 1 N–H and O–H groups in total. The molecule has 2 unspecified atom stereocenters. The molecule has 3 aromatic heterocycles. The van der Waals surface area contributed by atoms with Crippen LogP contribution in [0.5, 0.6) is 0 Å². The van der Waals surface area contributed by atoms with Crippen molar-refractivity contribution in [1.29, 1.82) is 0 Å². The smallest absolute Gasteiger partial charge is 0.277 e. The monoisotopic (exact) mass is 478 g/mol. The third kappa shape index (κ3) is 4.05. The first kappa shape index (κ1) is 22.4. The van der Waals surface area contributed by atoms with Gasteiger partial charge in [0.25, 0.3) is 11.4 Å². The number of piperidine rings is 1. The third-order valence-corrected chi connectivity index (χ3v) is 7.17. The van der Waals surface area contributed by atoms with Gasteiger partial charge < -0.3 is 18.9 Å². The summed E-state index contributed by atoms with van der Waals surface area (Å²) in [5.41, 5.74) is 2.15. The van der Waals surface area contributed by atoms with E-state index in [1.807, 2.05) is 38.1 Å². The Morgan fingerprint density at radius 1 is 1.17 bits per heavy atom. The Kier molecular flexibility index (Phi) is 5.46. The van der Waals surface area contributed by atoms with Crippen LogP contribution in [-0.2, 0) is 11.3 Å². The lowest BCUT2D eigenvalue weighted by molar-refractivity contribution is -0.0292. The second-order valence-corrected chi connectivity index (χ2v) is 10.2. The van der Waals surface area contributed by atoms with Crippen molar-refractivity contribution in [2.75, 3.05) is 19.6 Å². The molecule has 0 saturated carbocycles. The van der Waals surface area contributed by atoms with Gasteiger partial charge in [0.05, 0.1) is 22.7 Å². The number of fused-ring (bicyclic) bond motifs is 3. The second-order valence-electron chi connectivity index (χ2n) is 10.2. The van der Waals surface area contributed by atoms with Crippen LogP contribution in [0.4, 0.5) is 0 Å². The maximum atomic E-state index is 13.8. The maximum Gasteiger partial charge on any atom is 0.277 e. The zero-order chi connectivity index (χ0) is 24.2. The lowest BCUT2D eigenvalue weighted by Crippen LogP contribution is -2.40. The minimum absolute atomic E-state index is 0.154. The topological polar surface area (TPSA) is 111 Å². The maximum absolute atomic E-state index is 13.8. The number of imidazole rings is 1. The number of aliphatic hydroxyl groups is 1. The molecule has 0 radical (unpaired) electrons. The second kappa shape index (κ2) is 8.54. The SMILES string of the molecule is CC1(C)CCC(c2nc(-c3ncn4c3c(=O)n(CCN3CCCC(O)C3)c3ccccc34)no2)O1. The van der Waals surface area contributed by atoms with E-state index in [-0.39, 0.29) is 29.2 Å². The average Bonchev–Trinajstić information content (AvgIpc) is 3.57. The van der Waals surface area contributed by atoms with Crippen molar-refractivity contribution >= 4 is 16.6 Å². The molecular formula is C25H30N6O4. The molecule has 0 spiro atoms. The summed E-state index contributed by atoms with van der Waals surface area (Å²) in [7, 11) is 0. The van der Waals surface area contributed by atoms with E-state index in [9.17, 15) is 9.90 Å². The predicted molar refractivity (Wildman–Crippen MR) is 129 cm³/mol. The molecular weight excluding hydrogens is 448 g/mol. The Morgan fingerprint density at radius 3 is 2.77 bits per heavy atom. The molecule has 0 amide bonds. The summed E-state index contributed by atoms with van der Waals surface area (Å²) in [6.45, 7) is 6.85. The fourth-order valence-electron chi connectivity index (χ4n) is 5.35. The highest BCUT2D eigenvalue weighted by Gasteiger charge is 2.36. The van der Waals surface area contributed by atoms with Crippen LogP contribution in [0.15, 0.2) is 39.9 Å². The van der Waals surface area contributed by atoms with Gasteiger partial charge in [-0.05, 0) is 58.2 Å². The molecule has 2 saturated heterocycles. The highest BCUT2D eigenvalue weighted by atomic mass is 16.5. The predicted octanol–water partition coefficient (Wildman–Crippen LogP) is 2.79. The zero-order valence-corrected chi connectivity index (χ0v) is 20.1. The van der Waals surface area contributed by atoms with Crippen LogP contribution < -0.4 is 5.56 Å². The molecule has 10 nitrogen and oxygen atoms in total. The summed E-state index contributed by atoms with van der Waals surface area (Å²) in [6.07, 6.45) is 4.60. The molecule has 5 heterocycles. The number of hydrogen-bond donors (Lipinski definition) is 1. The van der Waals surface area contributed by atoms with Gasteiger partial charge in [-0.2, -0.15) is 4.98 Å². The van der Waals surface area contributed by atoms with Crippen LogP contribution in [0.2, 0.25) is 0 Å². The molecule has 184 valence electrons. The summed E-state index contributed by atoms with van der Waals surface area (Å²) < 4.78 is 15.2. The van der Waals surface area contributed by atoms with E-state index in [2.05, 4.69) is 20.0 Å². The number of hydrogen-bond acceptors (Lipinski definition) is 8. The van der Waals surface area contributed by atoms with Crippen LogP contribution in [0.1, 0.15) is 51.5 Å². The molecule has 35 heavy (non-hydrogen) atoms. The number of para-hydroxylation sites is 2. The Labute approximate surface area is 202 Å². The van der Waals surface area contributed by atoms with Crippen LogP contribution >= 0.6 is 0 Å². The van der Waals surface area contributed by atoms with E-state index >= 15 is 0 Å². The van der Waals surface area contributed by atoms with Gasteiger partial charge in [-0.15, -0.1) is 0 Å². The van der Waals surface area contributed by atoms with E-state index < -0.39 is 0 Å². The Hall–Kier alpha value is -3.08. The Morgan fingerprint density at radius 2 is 2.00 bits per heavy atom. The number of aliphatic hydroxyl groups excluding tert-OH is 1. The molecule has 10 heteroatoms.